The molecule has 348 valence electrons. The number of allylic oxidation sites excluding steroid dienone is 2. The average molecular weight is 834 g/mol. The molecular formula is C49H99N7O3. The summed E-state index contributed by atoms with van der Waals surface area (Å²) in [5.41, 5.74) is 17.3. The van der Waals surface area contributed by atoms with Crippen LogP contribution < -0.4 is 33.2 Å². The first kappa shape index (κ1) is 57.0. The van der Waals surface area contributed by atoms with Gasteiger partial charge in [0.05, 0.1) is 0 Å². The van der Waals surface area contributed by atoms with E-state index in [2.05, 4.69) is 46.8 Å². The van der Waals surface area contributed by atoms with Crippen molar-refractivity contribution >= 4 is 17.7 Å². The average Bonchev–Trinajstić information content (AvgIpc) is 3.23. The Morgan fingerprint density at radius 1 is 0.441 bits per heavy atom. The smallest absolute Gasteiger partial charge is 0.242 e. The topological polar surface area (TPSA) is 169 Å². The summed E-state index contributed by atoms with van der Waals surface area (Å²) in [4.78, 5) is 42.9. The van der Waals surface area contributed by atoms with Crippen LogP contribution >= 0.6 is 0 Å². The highest BCUT2D eigenvalue weighted by molar-refractivity contribution is 6.01. The molecule has 0 bridgehead atoms. The molecule has 0 aromatic heterocycles. The standard InChI is InChI=1S/C49H99N7O3/c1-3-5-7-9-11-13-15-17-19-20-22-24-26-28-30-34-40-53-49(59)46(36-32-33-37-50)55-48(58)45(47(57)54-41-44-56(42-38-51)43-39-52)35-31-29-27-25-23-21-18-16-14-12-10-8-6-4-2/h17,19,45-46H,3-16,18,20-44,50-52H2,1-2H3,(H,53,59)(H,54,57)(H,55,58)/b19-17-/t45?,46-/m0/s1. The van der Waals surface area contributed by atoms with Gasteiger partial charge in [-0.05, 0) is 64.3 Å². The number of rotatable bonds is 46. The highest BCUT2D eigenvalue weighted by Crippen LogP contribution is 2.17. The maximum atomic E-state index is 13.8. The maximum absolute atomic E-state index is 13.8. The van der Waals surface area contributed by atoms with E-state index in [1.807, 2.05) is 0 Å². The van der Waals surface area contributed by atoms with Crippen LogP contribution in [0.25, 0.3) is 0 Å². The molecule has 0 aliphatic rings. The second-order valence-corrected chi connectivity index (χ2v) is 17.2. The van der Waals surface area contributed by atoms with E-state index in [1.54, 1.807) is 0 Å². The number of hydrogen-bond donors (Lipinski definition) is 6. The third kappa shape index (κ3) is 37.5. The van der Waals surface area contributed by atoms with Gasteiger partial charge in [-0.1, -0.05) is 174 Å². The first-order valence-electron chi connectivity index (χ1n) is 25.3. The van der Waals surface area contributed by atoms with Gasteiger partial charge in [0.2, 0.25) is 17.7 Å². The minimum Gasteiger partial charge on any atom is -0.354 e. The summed E-state index contributed by atoms with van der Waals surface area (Å²) in [5, 5.41) is 9.09. The van der Waals surface area contributed by atoms with E-state index < -0.39 is 12.0 Å². The summed E-state index contributed by atoms with van der Waals surface area (Å²) in [5.74, 6) is -1.64. The molecule has 1 unspecified atom stereocenters. The van der Waals surface area contributed by atoms with Crippen LogP contribution in [0.5, 0.6) is 0 Å². The monoisotopic (exact) mass is 834 g/mol. The molecule has 0 spiro atoms. The van der Waals surface area contributed by atoms with Crippen molar-refractivity contribution in [3.63, 3.8) is 0 Å². The van der Waals surface area contributed by atoms with Gasteiger partial charge in [0.15, 0.2) is 0 Å². The van der Waals surface area contributed by atoms with Crippen molar-refractivity contribution in [1.82, 2.24) is 20.9 Å². The van der Waals surface area contributed by atoms with E-state index in [4.69, 9.17) is 17.2 Å². The molecule has 59 heavy (non-hydrogen) atoms. The Hall–Kier alpha value is -2.01. The van der Waals surface area contributed by atoms with Crippen LogP contribution in [0.3, 0.4) is 0 Å². The zero-order valence-corrected chi connectivity index (χ0v) is 39.0. The Morgan fingerprint density at radius 2 is 0.864 bits per heavy atom. The van der Waals surface area contributed by atoms with Crippen molar-refractivity contribution < 1.29 is 14.4 Å². The van der Waals surface area contributed by atoms with Gasteiger partial charge in [-0.15, -0.1) is 0 Å². The van der Waals surface area contributed by atoms with Crippen LogP contribution in [0.2, 0.25) is 0 Å². The zero-order chi connectivity index (χ0) is 43.3. The lowest BCUT2D eigenvalue weighted by atomic mass is 9.97. The Bertz CT molecular complexity index is 960. The van der Waals surface area contributed by atoms with E-state index >= 15 is 0 Å². The second-order valence-electron chi connectivity index (χ2n) is 17.2. The summed E-state index contributed by atoms with van der Waals surface area (Å²) in [6.45, 7) is 9.13. The van der Waals surface area contributed by atoms with E-state index in [-0.39, 0.29) is 17.7 Å². The van der Waals surface area contributed by atoms with Gasteiger partial charge < -0.3 is 33.2 Å². The minimum atomic E-state index is -0.842. The molecule has 2 atom stereocenters. The molecule has 3 amide bonds. The number of nitrogens with two attached hydrogens (primary N) is 3. The van der Waals surface area contributed by atoms with Crippen molar-refractivity contribution in [2.24, 2.45) is 23.1 Å². The van der Waals surface area contributed by atoms with Gasteiger partial charge in [0.1, 0.15) is 12.0 Å². The molecule has 0 fully saturated rings. The van der Waals surface area contributed by atoms with Gasteiger partial charge in [0, 0.05) is 45.8 Å². The predicted octanol–water partition coefficient (Wildman–Crippen LogP) is 9.58. The molecule has 10 nitrogen and oxygen atoms in total. The zero-order valence-electron chi connectivity index (χ0n) is 39.0. The summed E-state index contributed by atoms with van der Waals surface area (Å²) >= 11 is 0. The van der Waals surface area contributed by atoms with Gasteiger partial charge in [0.25, 0.3) is 0 Å². The Balaban J connectivity index is 4.84. The third-order valence-electron chi connectivity index (χ3n) is 11.7. The van der Waals surface area contributed by atoms with Gasteiger partial charge in [-0.2, -0.15) is 0 Å². The van der Waals surface area contributed by atoms with E-state index in [0.29, 0.717) is 65.2 Å². The van der Waals surface area contributed by atoms with Crippen molar-refractivity contribution in [1.29, 1.82) is 0 Å². The summed E-state index contributed by atoms with van der Waals surface area (Å²) in [6, 6.07) is -0.681. The summed E-state index contributed by atoms with van der Waals surface area (Å²) in [7, 11) is 0. The Labute approximate surface area is 364 Å². The molecule has 0 radical (unpaired) electrons. The largest absolute Gasteiger partial charge is 0.354 e. The highest BCUT2D eigenvalue weighted by Gasteiger charge is 2.30. The van der Waals surface area contributed by atoms with Gasteiger partial charge >= 0.3 is 0 Å². The Kier molecular flexibility index (Phi) is 44.0. The fourth-order valence-electron chi connectivity index (χ4n) is 7.83. The molecule has 0 heterocycles. The number of hydrogen-bond acceptors (Lipinski definition) is 7. The molecular weight excluding hydrogens is 735 g/mol. The first-order chi connectivity index (χ1) is 28.9. The number of nitrogens with zero attached hydrogens (tertiary/aromatic N) is 1. The minimum absolute atomic E-state index is 0.169. The highest BCUT2D eigenvalue weighted by atomic mass is 16.2. The SMILES string of the molecule is CCCCCCCC/C=C\CCCCCCCCNC(=O)[C@H](CCCCN)NC(=O)C(CCCCCCCCCCCCCCCC)C(=O)NCCN(CCN)CCN. The number of carbonyl (C=O) groups excluding carboxylic acids is 3. The Morgan fingerprint density at radius 3 is 1.34 bits per heavy atom. The fourth-order valence-corrected chi connectivity index (χ4v) is 7.83. The normalized spacial score (nSPS) is 12.6. The molecule has 0 aliphatic carbocycles. The summed E-state index contributed by atoms with van der Waals surface area (Å²) < 4.78 is 0. The van der Waals surface area contributed by atoms with Crippen LogP contribution in [0.4, 0.5) is 0 Å². The molecule has 0 aromatic rings. The first-order valence-corrected chi connectivity index (χ1v) is 25.3. The maximum Gasteiger partial charge on any atom is 0.242 e. The molecule has 0 saturated carbocycles. The fraction of sp³-hybridized carbons (Fsp3) is 0.898. The van der Waals surface area contributed by atoms with Crippen molar-refractivity contribution in [2.45, 2.75) is 225 Å². The van der Waals surface area contributed by atoms with E-state index in [0.717, 1.165) is 44.9 Å². The van der Waals surface area contributed by atoms with Crippen LogP contribution in [-0.2, 0) is 14.4 Å². The summed E-state index contributed by atoms with van der Waals surface area (Å²) in [6.07, 6.45) is 42.1. The number of nitrogens with one attached hydrogen (secondary N) is 3. The molecule has 0 aromatic carbocycles. The molecule has 0 saturated heterocycles. The van der Waals surface area contributed by atoms with Gasteiger partial charge in [-0.25, -0.2) is 0 Å². The van der Waals surface area contributed by atoms with E-state index in [9.17, 15) is 14.4 Å². The quantitative estimate of drug-likeness (QED) is 0.0202. The second kappa shape index (κ2) is 45.5. The van der Waals surface area contributed by atoms with Crippen molar-refractivity contribution in [2.75, 3.05) is 52.4 Å². The van der Waals surface area contributed by atoms with Gasteiger partial charge in [-0.3, -0.25) is 19.3 Å². The number of carbonyl (C=O) groups is 3. The van der Waals surface area contributed by atoms with Crippen LogP contribution in [0.1, 0.15) is 219 Å². The molecule has 0 rings (SSSR count). The molecule has 10 heteroatoms. The van der Waals surface area contributed by atoms with Crippen molar-refractivity contribution in [3.05, 3.63) is 12.2 Å². The predicted molar refractivity (Wildman–Crippen MR) is 253 cm³/mol. The van der Waals surface area contributed by atoms with E-state index in [1.165, 1.54) is 148 Å². The molecule has 9 N–H and O–H groups in total. The van der Waals surface area contributed by atoms with Crippen molar-refractivity contribution in [3.8, 4) is 0 Å². The van der Waals surface area contributed by atoms with Crippen LogP contribution in [0.15, 0.2) is 12.2 Å². The number of amides is 3. The third-order valence-corrected chi connectivity index (χ3v) is 11.7. The lowest BCUT2D eigenvalue weighted by molar-refractivity contribution is -0.138. The lowest BCUT2D eigenvalue weighted by Gasteiger charge is -2.24. The van der Waals surface area contributed by atoms with Crippen LogP contribution in [0, 0.1) is 5.92 Å². The molecule has 0 aliphatic heterocycles. The number of unbranched alkanes of at least 4 members (excludes halogenated alkanes) is 26. The lowest BCUT2D eigenvalue weighted by Crippen LogP contribution is -2.51. The van der Waals surface area contributed by atoms with Crippen LogP contribution in [-0.4, -0.2) is 81.0 Å².